The van der Waals surface area contributed by atoms with E-state index in [1.165, 1.54) is 44.2 Å². The quantitative estimate of drug-likeness (QED) is 0.603. The maximum atomic E-state index is 10.6. The van der Waals surface area contributed by atoms with Gasteiger partial charge in [-0.1, -0.05) is 19.0 Å². The lowest BCUT2D eigenvalue weighted by atomic mass is 9.45. The zero-order valence-electron chi connectivity index (χ0n) is 16.0. The van der Waals surface area contributed by atoms with E-state index in [0.717, 1.165) is 42.9 Å². The number of oxime groups is 1. The zero-order chi connectivity index (χ0) is 17.7. The van der Waals surface area contributed by atoms with Crippen molar-refractivity contribution in [2.45, 2.75) is 77.7 Å². The highest BCUT2D eigenvalue weighted by molar-refractivity contribution is 5.85. The number of nitrogens with zero attached hydrogens (tertiary/aromatic N) is 1. The minimum atomic E-state index is -0.0613. The van der Waals surface area contributed by atoms with Crippen molar-refractivity contribution in [1.29, 1.82) is 0 Å². The van der Waals surface area contributed by atoms with Gasteiger partial charge in [0, 0.05) is 6.54 Å². The molecular formula is C21H36N2O2. The van der Waals surface area contributed by atoms with Crippen LogP contribution in [-0.2, 0) is 4.84 Å². The van der Waals surface area contributed by atoms with Gasteiger partial charge in [-0.05, 0) is 92.3 Å². The van der Waals surface area contributed by atoms with Gasteiger partial charge in [0.2, 0.25) is 0 Å². The van der Waals surface area contributed by atoms with Crippen LogP contribution in [0.3, 0.4) is 0 Å². The van der Waals surface area contributed by atoms with Crippen LogP contribution in [0.15, 0.2) is 5.16 Å². The fourth-order valence-corrected chi connectivity index (χ4v) is 7.30. The monoisotopic (exact) mass is 348 g/mol. The molecule has 0 aromatic carbocycles. The highest BCUT2D eigenvalue weighted by atomic mass is 16.6. The molecule has 4 rings (SSSR count). The standard InChI is InChI=1S/C21H36N2O2/c1-20-9-7-15(23-25-12-11-22)13-14(20)3-4-16-17-5-6-19(24)21(17,2)10-8-18(16)20/h14,16-19,24H,3-13,22H2,1-2H3/b23-15-/t14?,16?,17?,18?,19-,20-,21-/m0/s1. The Bertz CT molecular complexity index is 536. The SMILES string of the molecule is C[C@]12CC/C(=N/OCCN)CC1CCC1C2CC[C@@]2(C)C1CC[C@@H]2O. The Balaban J connectivity index is 1.50. The van der Waals surface area contributed by atoms with Crippen LogP contribution >= 0.6 is 0 Å². The number of hydrogen-bond donors (Lipinski definition) is 2. The van der Waals surface area contributed by atoms with E-state index in [0.29, 0.717) is 18.6 Å². The van der Waals surface area contributed by atoms with Crippen LogP contribution < -0.4 is 5.73 Å². The van der Waals surface area contributed by atoms with Gasteiger partial charge in [-0.3, -0.25) is 0 Å². The lowest BCUT2D eigenvalue weighted by Gasteiger charge is -2.60. The van der Waals surface area contributed by atoms with Crippen molar-refractivity contribution >= 4 is 5.71 Å². The molecule has 7 atom stereocenters. The molecule has 4 fully saturated rings. The first-order valence-corrected chi connectivity index (χ1v) is 10.5. The molecule has 0 amide bonds. The molecule has 4 aliphatic rings. The average molecular weight is 349 g/mol. The van der Waals surface area contributed by atoms with Gasteiger partial charge < -0.3 is 15.7 Å². The number of aliphatic hydroxyl groups excluding tert-OH is 1. The maximum Gasteiger partial charge on any atom is 0.129 e. The normalized spacial score (nSPS) is 50.9. The maximum absolute atomic E-state index is 10.6. The van der Waals surface area contributed by atoms with E-state index in [1.54, 1.807) is 0 Å². The summed E-state index contributed by atoms with van der Waals surface area (Å²) in [5.74, 6) is 3.20. The number of aliphatic hydroxyl groups is 1. The Hall–Kier alpha value is -0.610. The molecule has 0 heterocycles. The molecule has 25 heavy (non-hydrogen) atoms. The van der Waals surface area contributed by atoms with Gasteiger partial charge in [0.15, 0.2) is 0 Å². The Kier molecular flexibility index (Phi) is 4.64. The number of rotatable bonds is 3. The first kappa shape index (κ1) is 17.8. The second kappa shape index (κ2) is 6.53. The fraction of sp³-hybridized carbons (Fsp3) is 0.952. The second-order valence-electron chi connectivity index (χ2n) is 9.78. The highest BCUT2D eigenvalue weighted by Gasteiger charge is 2.59. The average Bonchev–Trinajstić information content (AvgIpc) is 2.90. The number of hydrogen-bond acceptors (Lipinski definition) is 4. The minimum absolute atomic E-state index is 0.0613. The molecule has 4 nitrogen and oxygen atoms in total. The molecule has 4 unspecified atom stereocenters. The predicted molar refractivity (Wildman–Crippen MR) is 100 cm³/mol. The smallest absolute Gasteiger partial charge is 0.129 e. The molecule has 0 bridgehead atoms. The third-order valence-electron chi connectivity index (χ3n) is 8.85. The summed E-state index contributed by atoms with van der Waals surface area (Å²) in [5, 5.41) is 14.9. The third-order valence-corrected chi connectivity index (χ3v) is 8.85. The summed E-state index contributed by atoms with van der Waals surface area (Å²) in [6.07, 6.45) is 10.9. The van der Waals surface area contributed by atoms with Crippen LogP contribution in [0.2, 0.25) is 0 Å². The molecule has 4 saturated carbocycles. The molecule has 0 saturated heterocycles. The van der Waals surface area contributed by atoms with Gasteiger partial charge in [0.1, 0.15) is 6.61 Å². The van der Waals surface area contributed by atoms with Crippen molar-refractivity contribution < 1.29 is 9.94 Å². The molecule has 0 aromatic rings. The van der Waals surface area contributed by atoms with E-state index in [2.05, 4.69) is 19.0 Å². The predicted octanol–water partition coefficient (Wildman–Crippen LogP) is 3.72. The van der Waals surface area contributed by atoms with Crippen LogP contribution in [0.25, 0.3) is 0 Å². The molecule has 4 heteroatoms. The lowest BCUT2D eigenvalue weighted by molar-refractivity contribution is -0.112. The van der Waals surface area contributed by atoms with E-state index in [9.17, 15) is 5.11 Å². The highest BCUT2D eigenvalue weighted by Crippen LogP contribution is 2.65. The number of nitrogens with two attached hydrogens (primary N) is 1. The summed E-state index contributed by atoms with van der Waals surface area (Å²) in [6, 6.07) is 0. The second-order valence-corrected chi connectivity index (χ2v) is 9.78. The summed E-state index contributed by atoms with van der Waals surface area (Å²) in [6.45, 7) is 6.01. The largest absolute Gasteiger partial charge is 0.395 e. The molecule has 4 aliphatic carbocycles. The topological polar surface area (TPSA) is 67.8 Å². The van der Waals surface area contributed by atoms with Gasteiger partial charge in [0.05, 0.1) is 11.8 Å². The van der Waals surface area contributed by atoms with Gasteiger partial charge in [-0.15, -0.1) is 0 Å². The summed E-state index contributed by atoms with van der Waals surface area (Å²) < 4.78 is 0. The summed E-state index contributed by atoms with van der Waals surface area (Å²) in [4.78, 5) is 5.36. The van der Waals surface area contributed by atoms with Crippen LogP contribution in [-0.4, -0.2) is 30.1 Å². The summed E-state index contributed by atoms with van der Waals surface area (Å²) in [5.41, 5.74) is 7.41. The Morgan fingerprint density at radius 1 is 1.08 bits per heavy atom. The molecule has 0 aliphatic heterocycles. The van der Waals surface area contributed by atoms with Gasteiger partial charge in [-0.25, -0.2) is 0 Å². The molecular weight excluding hydrogens is 312 g/mol. The van der Waals surface area contributed by atoms with E-state index < -0.39 is 0 Å². The van der Waals surface area contributed by atoms with Gasteiger partial charge >= 0.3 is 0 Å². The van der Waals surface area contributed by atoms with E-state index in [4.69, 9.17) is 10.6 Å². The van der Waals surface area contributed by atoms with Crippen molar-refractivity contribution in [1.82, 2.24) is 0 Å². The van der Waals surface area contributed by atoms with E-state index >= 15 is 0 Å². The first-order chi connectivity index (χ1) is 12.0. The van der Waals surface area contributed by atoms with Crippen molar-refractivity contribution in [2.75, 3.05) is 13.2 Å². The lowest BCUT2D eigenvalue weighted by Crippen LogP contribution is -2.54. The fourth-order valence-electron chi connectivity index (χ4n) is 7.30. The minimum Gasteiger partial charge on any atom is -0.395 e. The van der Waals surface area contributed by atoms with Crippen molar-refractivity contribution in [3.63, 3.8) is 0 Å². The molecule has 142 valence electrons. The zero-order valence-corrected chi connectivity index (χ0v) is 16.0. The molecule has 3 N–H and O–H groups in total. The molecule has 0 aromatic heterocycles. The van der Waals surface area contributed by atoms with Crippen LogP contribution in [0.1, 0.15) is 71.6 Å². The van der Waals surface area contributed by atoms with Gasteiger partial charge in [0.25, 0.3) is 0 Å². The molecule has 0 radical (unpaired) electrons. The Morgan fingerprint density at radius 2 is 1.88 bits per heavy atom. The van der Waals surface area contributed by atoms with Crippen molar-refractivity contribution in [3.05, 3.63) is 0 Å². The Labute approximate surface area is 152 Å². The van der Waals surface area contributed by atoms with E-state index in [-0.39, 0.29) is 11.5 Å². The summed E-state index contributed by atoms with van der Waals surface area (Å²) in [7, 11) is 0. The van der Waals surface area contributed by atoms with Gasteiger partial charge in [-0.2, -0.15) is 0 Å². The van der Waals surface area contributed by atoms with Crippen molar-refractivity contribution in [3.8, 4) is 0 Å². The van der Waals surface area contributed by atoms with Crippen LogP contribution in [0.5, 0.6) is 0 Å². The van der Waals surface area contributed by atoms with Crippen molar-refractivity contribution in [2.24, 2.45) is 45.4 Å². The number of fused-ring (bicyclic) bond motifs is 5. The van der Waals surface area contributed by atoms with Crippen LogP contribution in [0.4, 0.5) is 0 Å². The summed E-state index contributed by atoms with van der Waals surface area (Å²) >= 11 is 0. The molecule has 0 spiro atoms. The first-order valence-electron chi connectivity index (χ1n) is 10.5. The van der Waals surface area contributed by atoms with E-state index in [1.807, 2.05) is 0 Å². The third kappa shape index (κ3) is 2.75. The Morgan fingerprint density at radius 3 is 2.68 bits per heavy atom. The van der Waals surface area contributed by atoms with Crippen LogP contribution in [0, 0.1) is 34.5 Å².